The highest BCUT2D eigenvalue weighted by Crippen LogP contribution is 2.33. The van der Waals surface area contributed by atoms with E-state index in [4.69, 9.17) is 4.74 Å². The zero-order valence-corrected chi connectivity index (χ0v) is 8.30. The number of rotatable bonds is 0. The summed E-state index contributed by atoms with van der Waals surface area (Å²) in [6.45, 7) is 6.75. The molecule has 1 heterocycles. The first-order chi connectivity index (χ1) is 6.27. The van der Waals surface area contributed by atoms with Gasteiger partial charge in [-0.25, -0.2) is 4.39 Å². The van der Waals surface area contributed by atoms with Crippen LogP contribution in [-0.2, 0) is 0 Å². The van der Waals surface area contributed by atoms with Crippen LogP contribution in [0.25, 0.3) is 0 Å². The maximum absolute atomic E-state index is 12.6. The van der Waals surface area contributed by atoms with Crippen molar-refractivity contribution >= 4 is 0 Å². The molecule has 2 heteroatoms. The predicted molar refractivity (Wildman–Crippen MR) is 51.7 cm³/mol. The van der Waals surface area contributed by atoms with E-state index in [2.05, 4.69) is 6.92 Å². The average molecular weight is 182 g/mol. The molecule has 0 radical (unpaired) electrons. The predicted octanol–water partition coefficient (Wildman–Crippen LogP) is 3.35. The molecule has 0 aromatic heterocycles. The van der Waals surface area contributed by atoms with Gasteiger partial charge < -0.3 is 4.74 Å². The second-order valence-electron chi connectivity index (χ2n) is 2.89. The van der Waals surface area contributed by atoms with Crippen molar-refractivity contribution in [3.05, 3.63) is 29.6 Å². The van der Waals surface area contributed by atoms with Gasteiger partial charge in [-0.3, -0.25) is 0 Å². The summed E-state index contributed by atoms with van der Waals surface area (Å²) in [6.07, 6.45) is 0. The summed E-state index contributed by atoms with van der Waals surface area (Å²) < 4.78 is 17.9. The Morgan fingerprint density at radius 1 is 1.38 bits per heavy atom. The van der Waals surface area contributed by atoms with E-state index in [1.54, 1.807) is 6.07 Å². The minimum Gasteiger partial charge on any atom is -0.493 e. The van der Waals surface area contributed by atoms with Gasteiger partial charge in [-0.05, 0) is 6.07 Å². The third-order valence-corrected chi connectivity index (χ3v) is 2.00. The van der Waals surface area contributed by atoms with Gasteiger partial charge in [0, 0.05) is 17.5 Å². The van der Waals surface area contributed by atoms with Crippen molar-refractivity contribution in [3.63, 3.8) is 0 Å². The van der Waals surface area contributed by atoms with E-state index in [0.29, 0.717) is 18.3 Å². The van der Waals surface area contributed by atoms with E-state index in [-0.39, 0.29) is 5.82 Å². The van der Waals surface area contributed by atoms with Gasteiger partial charge >= 0.3 is 0 Å². The number of benzene rings is 1. The third kappa shape index (κ3) is 2.00. The summed E-state index contributed by atoms with van der Waals surface area (Å²) in [7, 11) is 0. The topological polar surface area (TPSA) is 9.23 Å². The molecule has 0 amide bonds. The van der Waals surface area contributed by atoms with E-state index in [9.17, 15) is 4.39 Å². The van der Waals surface area contributed by atoms with E-state index in [1.807, 2.05) is 13.8 Å². The van der Waals surface area contributed by atoms with Gasteiger partial charge in [0.1, 0.15) is 11.6 Å². The molecule has 1 atom stereocenters. The molecule has 1 unspecified atom stereocenters. The lowest BCUT2D eigenvalue weighted by Crippen LogP contribution is -1.93. The molecule has 1 aromatic carbocycles. The minimum absolute atomic E-state index is 0.224. The molecule has 72 valence electrons. The van der Waals surface area contributed by atoms with Crippen LogP contribution < -0.4 is 4.74 Å². The van der Waals surface area contributed by atoms with Gasteiger partial charge in [-0.2, -0.15) is 0 Å². The molecule has 0 fully saturated rings. The highest BCUT2D eigenvalue weighted by molar-refractivity contribution is 5.39. The molecule has 0 bridgehead atoms. The Morgan fingerprint density at radius 3 is 2.77 bits per heavy atom. The van der Waals surface area contributed by atoms with Crippen LogP contribution in [0, 0.1) is 5.82 Å². The lowest BCUT2D eigenvalue weighted by molar-refractivity contribution is 0.336. The smallest absolute Gasteiger partial charge is 0.126 e. The molecule has 1 aliphatic rings. The van der Waals surface area contributed by atoms with Gasteiger partial charge in [0.15, 0.2) is 0 Å². The number of hydrogen-bond acceptors (Lipinski definition) is 1. The fraction of sp³-hybridized carbons (Fsp3) is 0.455. The first-order valence-corrected chi connectivity index (χ1v) is 4.69. The normalized spacial score (nSPS) is 18.3. The van der Waals surface area contributed by atoms with Crippen molar-refractivity contribution in [2.24, 2.45) is 0 Å². The lowest BCUT2D eigenvalue weighted by atomic mass is 10.0. The monoisotopic (exact) mass is 182 g/mol. The van der Waals surface area contributed by atoms with Crippen LogP contribution in [0.5, 0.6) is 5.75 Å². The highest BCUT2D eigenvalue weighted by atomic mass is 19.1. The van der Waals surface area contributed by atoms with E-state index in [0.717, 1.165) is 5.56 Å². The minimum atomic E-state index is -0.224. The standard InChI is InChI=1S/C9H9FO.C2H6/c1-6-5-11-9-4-7(10)2-3-8(6)9;1-2/h2-4,6H,5H2,1H3;1-2H3. The Balaban J connectivity index is 0.000000396. The molecule has 2 rings (SSSR count). The van der Waals surface area contributed by atoms with Gasteiger partial charge in [0.25, 0.3) is 0 Å². The van der Waals surface area contributed by atoms with Crippen LogP contribution in [-0.4, -0.2) is 6.61 Å². The van der Waals surface area contributed by atoms with Crippen LogP contribution in [0.2, 0.25) is 0 Å². The molecular weight excluding hydrogens is 167 g/mol. The van der Waals surface area contributed by atoms with E-state index in [1.165, 1.54) is 12.1 Å². The van der Waals surface area contributed by atoms with Crippen molar-refractivity contribution in [2.45, 2.75) is 26.7 Å². The van der Waals surface area contributed by atoms with Crippen molar-refractivity contribution in [1.29, 1.82) is 0 Å². The largest absolute Gasteiger partial charge is 0.493 e. The van der Waals surface area contributed by atoms with Crippen LogP contribution >= 0.6 is 0 Å². The van der Waals surface area contributed by atoms with Crippen molar-refractivity contribution in [1.82, 2.24) is 0 Å². The molecule has 1 aliphatic heterocycles. The number of fused-ring (bicyclic) bond motifs is 1. The molecule has 1 aromatic rings. The molecule has 0 saturated heterocycles. The fourth-order valence-electron chi connectivity index (χ4n) is 1.34. The van der Waals surface area contributed by atoms with E-state index < -0.39 is 0 Å². The Kier molecular flexibility index (Phi) is 3.29. The summed E-state index contributed by atoms with van der Waals surface area (Å²) in [4.78, 5) is 0. The number of hydrogen-bond donors (Lipinski definition) is 0. The number of halogens is 1. The van der Waals surface area contributed by atoms with Crippen LogP contribution in [0.1, 0.15) is 32.3 Å². The third-order valence-electron chi connectivity index (χ3n) is 2.00. The quantitative estimate of drug-likeness (QED) is 0.598. The molecule has 0 saturated carbocycles. The summed E-state index contributed by atoms with van der Waals surface area (Å²) in [5.74, 6) is 0.890. The maximum atomic E-state index is 12.6. The molecular formula is C11H15FO. The molecule has 0 spiro atoms. The lowest BCUT2D eigenvalue weighted by Gasteiger charge is -1.98. The zero-order valence-electron chi connectivity index (χ0n) is 8.30. The van der Waals surface area contributed by atoms with Gasteiger partial charge in [-0.1, -0.05) is 26.8 Å². The summed E-state index contributed by atoms with van der Waals surface area (Å²) in [5, 5.41) is 0. The molecule has 0 N–H and O–H groups in total. The highest BCUT2D eigenvalue weighted by Gasteiger charge is 2.19. The van der Waals surface area contributed by atoms with Crippen LogP contribution in [0.3, 0.4) is 0 Å². The summed E-state index contributed by atoms with van der Waals surface area (Å²) in [6, 6.07) is 4.71. The van der Waals surface area contributed by atoms with Gasteiger partial charge in [0.05, 0.1) is 6.61 Å². The van der Waals surface area contributed by atoms with Crippen molar-refractivity contribution in [2.75, 3.05) is 6.61 Å². The Morgan fingerprint density at radius 2 is 2.08 bits per heavy atom. The second kappa shape index (κ2) is 4.26. The first-order valence-electron chi connectivity index (χ1n) is 4.69. The van der Waals surface area contributed by atoms with Gasteiger partial charge in [-0.15, -0.1) is 0 Å². The number of ether oxygens (including phenoxy) is 1. The van der Waals surface area contributed by atoms with Gasteiger partial charge in [0.2, 0.25) is 0 Å². The van der Waals surface area contributed by atoms with Crippen LogP contribution in [0.15, 0.2) is 18.2 Å². The molecule has 0 aliphatic carbocycles. The fourth-order valence-corrected chi connectivity index (χ4v) is 1.34. The Bertz CT molecular complexity index is 283. The Hall–Kier alpha value is -1.05. The summed E-state index contributed by atoms with van der Waals surface area (Å²) >= 11 is 0. The first kappa shape index (κ1) is 10.0. The van der Waals surface area contributed by atoms with Crippen molar-refractivity contribution < 1.29 is 9.13 Å². The maximum Gasteiger partial charge on any atom is 0.126 e. The Labute approximate surface area is 78.5 Å². The summed E-state index contributed by atoms with van der Waals surface area (Å²) in [5.41, 5.74) is 1.12. The zero-order chi connectivity index (χ0) is 9.84. The van der Waals surface area contributed by atoms with Crippen molar-refractivity contribution in [3.8, 4) is 5.75 Å². The van der Waals surface area contributed by atoms with E-state index >= 15 is 0 Å². The van der Waals surface area contributed by atoms with Crippen LogP contribution in [0.4, 0.5) is 4.39 Å². The average Bonchev–Trinajstić information content (AvgIpc) is 2.51. The molecule has 1 nitrogen and oxygen atoms in total. The SMILES string of the molecule is CC.CC1COc2cc(F)ccc21. The molecule has 13 heavy (non-hydrogen) atoms. The second-order valence-corrected chi connectivity index (χ2v) is 2.89.